The molecule has 1 heterocycles. The number of hydrogen-bond donors (Lipinski definition) is 1. The Morgan fingerprint density at radius 3 is 2.86 bits per heavy atom. The van der Waals surface area contributed by atoms with E-state index in [9.17, 15) is 9.59 Å². The number of unbranched alkanes of at least 4 members (excludes halogenated alkanes) is 2. The summed E-state index contributed by atoms with van der Waals surface area (Å²) >= 11 is 0. The summed E-state index contributed by atoms with van der Waals surface area (Å²) in [6.45, 7) is 7.04. The van der Waals surface area contributed by atoms with Gasteiger partial charge in [0.25, 0.3) is 5.91 Å². The van der Waals surface area contributed by atoms with Crippen LogP contribution in [0.3, 0.4) is 0 Å². The maximum absolute atomic E-state index is 12.1. The zero-order valence-corrected chi connectivity index (χ0v) is 13.3. The van der Waals surface area contributed by atoms with Crippen molar-refractivity contribution in [3.63, 3.8) is 0 Å². The Hall–Kier alpha value is -2.17. The zero-order valence-electron chi connectivity index (χ0n) is 13.3. The van der Waals surface area contributed by atoms with Crippen molar-refractivity contribution in [2.24, 2.45) is 0 Å². The lowest BCUT2D eigenvalue weighted by Crippen LogP contribution is -2.27. The van der Waals surface area contributed by atoms with Gasteiger partial charge in [-0.15, -0.1) is 6.58 Å². The van der Waals surface area contributed by atoms with Crippen LogP contribution in [0.1, 0.15) is 67.9 Å². The van der Waals surface area contributed by atoms with Gasteiger partial charge in [0.05, 0.1) is 11.3 Å². The Morgan fingerprint density at radius 1 is 1.45 bits per heavy atom. The number of allylic oxidation sites excluding steroid dienone is 1. The second-order valence-corrected chi connectivity index (χ2v) is 5.14. The highest BCUT2D eigenvalue weighted by Gasteiger charge is 2.19. The van der Waals surface area contributed by atoms with E-state index in [4.69, 9.17) is 0 Å². The number of rotatable bonds is 8. The summed E-state index contributed by atoms with van der Waals surface area (Å²) in [4.78, 5) is 31.9. The number of hydroxylamine groups is 1. The Labute approximate surface area is 131 Å². The third kappa shape index (κ3) is 5.68. The molecular weight excluding hydrogens is 280 g/mol. The summed E-state index contributed by atoms with van der Waals surface area (Å²) in [5.74, 6) is -0.790. The quantitative estimate of drug-likeness (QED) is 0.453. The molecule has 0 saturated carbocycles. The first kappa shape index (κ1) is 17.9. The van der Waals surface area contributed by atoms with Crippen LogP contribution in [0, 0.1) is 0 Å². The van der Waals surface area contributed by atoms with E-state index in [2.05, 4.69) is 28.8 Å². The van der Waals surface area contributed by atoms with Gasteiger partial charge in [0.15, 0.2) is 0 Å². The third-order valence-corrected chi connectivity index (χ3v) is 3.46. The molecule has 1 amide bonds. The number of hydrogen-bond acceptors (Lipinski definition) is 4. The molecule has 1 unspecified atom stereocenters. The van der Waals surface area contributed by atoms with Crippen LogP contribution in [-0.2, 0) is 9.63 Å². The highest BCUT2D eigenvalue weighted by molar-refractivity contribution is 5.95. The fraction of sp³-hybridized carbons (Fsp3) is 0.471. The smallest absolute Gasteiger partial charge is 0.329 e. The van der Waals surface area contributed by atoms with Crippen LogP contribution >= 0.6 is 0 Å². The fourth-order valence-electron chi connectivity index (χ4n) is 2.32. The van der Waals surface area contributed by atoms with E-state index in [-0.39, 0.29) is 5.92 Å². The minimum absolute atomic E-state index is 0.212. The SMILES string of the molecule is C=CCCCCC(CC)c1ncccc1C(=O)NOC(C)=O. The van der Waals surface area contributed by atoms with Crippen LogP contribution in [0.15, 0.2) is 31.0 Å². The van der Waals surface area contributed by atoms with E-state index in [1.165, 1.54) is 6.92 Å². The van der Waals surface area contributed by atoms with E-state index in [0.29, 0.717) is 5.56 Å². The summed E-state index contributed by atoms with van der Waals surface area (Å²) in [6, 6.07) is 3.41. The van der Waals surface area contributed by atoms with Gasteiger partial charge in [0.2, 0.25) is 0 Å². The average molecular weight is 304 g/mol. The summed E-state index contributed by atoms with van der Waals surface area (Å²) < 4.78 is 0. The van der Waals surface area contributed by atoms with Gasteiger partial charge in [-0.05, 0) is 37.8 Å². The van der Waals surface area contributed by atoms with Crippen molar-refractivity contribution < 1.29 is 14.4 Å². The lowest BCUT2D eigenvalue weighted by Gasteiger charge is -2.17. The molecule has 1 rings (SSSR count). The maximum Gasteiger partial charge on any atom is 0.329 e. The third-order valence-electron chi connectivity index (χ3n) is 3.46. The summed E-state index contributed by atoms with van der Waals surface area (Å²) in [5.41, 5.74) is 3.37. The Balaban J connectivity index is 2.80. The van der Waals surface area contributed by atoms with Crippen molar-refractivity contribution in [3.05, 3.63) is 42.2 Å². The van der Waals surface area contributed by atoms with Gasteiger partial charge in [-0.1, -0.05) is 19.4 Å². The van der Waals surface area contributed by atoms with Crippen LogP contribution in [0.4, 0.5) is 0 Å². The number of pyridine rings is 1. The number of amides is 1. The lowest BCUT2D eigenvalue weighted by atomic mass is 9.91. The monoisotopic (exact) mass is 304 g/mol. The van der Waals surface area contributed by atoms with Crippen molar-refractivity contribution >= 4 is 11.9 Å². The number of nitrogens with one attached hydrogen (secondary N) is 1. The first-order valence-electron chi connectivity index (χ1n) is 7.63. The molecule has 1 N–H and O–H groups in total. The Bertz CT molecular complexity index is 514. The molecule has 0 aliphatic rings. The summed E-state index contributed by atoms with van der Waals surface area (Å²) in [7, 11) is 0. The van der Waals surface area contributed by atoms with E-state index in [1.54, 1.807) is 18.3 Å². The molecule has 0 spiro atoms. The topological polar surface area (TPSA) is 68.3 Å². The largest absolute Gasteiger partial charge is 0.341 e. The van der Waals surface area contributed by atoms with E-state index in [1.807, 2.05) is 6.08 Å². The van der Waals surface area contributed by atoms with Crippen molar-refractivity contribution in [1.29, 1.82) is 0 Å². The minimum atomic E-state index is -0.560. The molecule has 0 aliphatic heterocycles. The molecule has 0 aromatic carbocycles. The lowest BCUT2D eigenvalue weighted by molar-refractivity contribution is -0.146. The molecule has 22 heavy (non-hydrogen) atoms. The second kappa shape index (κ2) is 9.71. The van der Waals surface area contributed by atoms with E-state index in [0.717, 1.165) is 37.8 Å². The molecule has 5 nitrogen and oxygen atoms in total. The molecule has 1 atom stereocenters. The van der Waals surface area contributed by atoms with Gasteiger partial charge in [-0.2, -0.15) is 5.48 Å². The maximum atomic E-state index is 12.1. The van der Waals surface area contributed by atoms with Gasteiger partial charge >= 0.3 is 5.97 Å². The zero-order chi connectivity index (χ0) is 16.4. The molecule has 0 aliphatic carbocycles. The normalized spacial score (nSPS) is 11.5. The predicted molar refractivity (Wildman–Crippen MR) is 85.2 cm³/mol. The minimum Gasteiger partial charge on any atom is -0.341 e. The van der Waals surface area contributed by atoms with Crippen LogP contribution in [-0.4, -0.2) is 16.9 Å². The number of aromatic nitrogens is 1. The number of carbonyl (C=O) groups is 2. The van der Waals surface area contributed by atoms with Gasteiger partial charge < -0.3 is 4.84 Å². The number of carbonyl (C=O) groups excluding carboxylic acids is 2. The molecule has 0 saturated heterocycles. The van der Waals surface area contributed by atoms with Crippen molar-refractivity contribution in [1.82, 2.24) is 10.5 Å². The molecule has 0 radical (unpaired) electrons. The van der Waals surface area contributed by atoms with Crippen molar-refractivity contribution in [2.45, 2.75) is 51.9 Å². The molecule has 5 heteroatoms. The standard InChI is InChI=1S/C17H24N2O3/c1-4-6-7-8-10-14(5-2)16-15(11-9-12-18-16)17(21)19-22-13(3)20/h4,9,11-12,14H,1,5-8,10H2,2-3H3,(H,19,21). The highest BCUT2D eigenvalue weighted by Crippen LogP contribution is 2.26. The Kier molecular flexibility index (Phi) is 7.89. The highest BCUT2D eigenvalue weighted by atomic mass is 16.7. The first-order valence-corrected chi connectivity index (χ1v) is 7.63. The van der Waals surface area contributed by atoms with Crippen LogP contribution in [0.2, 0.25) is 0 Å². The first-order chi connectivity index (χ1) is 10.6. The van der Waals surface area contributed by atoms with Gasteiger partial charge in [0, 0.05) is 19.0 Å². The molecule has 1 aromatic heterocycles. The molecular formula is C17H24N2O3. The van der Waals surface area contributed by atoms with E-state index < -0.39 is 11.9 Å². The molecule has 0 bridgehead atoms. The van der Waals surface area contributed by atoms with Gasteiger partial charge in [0.1, 0.15) is 0 Å². The Morgan fingerprint density at radius 2 is 2.23 bits per heavy atom. The van der Waals surface area contributed by atoms with Gasteiger partial charge in [-0.3, -0.25) is 14.6 Å². The number of nitrogens with zero attached hydrogens (tertiary/aromatic N) is 1. The van der Waals surface area contributed by atoms with Crippen molar-refractivity contribution in [2.75, 3.05) is 0 Å². The average Bonchev–Trinajstić information content (AvgIpc) is 2.53. The molecule has 1 aromatic rings. The second-order valence-electron chi connectivity index (χ2n) is 5.14. The molecule has 120 valence electrons. The van der Waals surface area contributed by atoms with Crippen LogP contribution < -0.4 is 5.48 Å². The predicted octanol–water partition coefficient (Wildman–Crippen LogP) is 3.53. The van der Waals surface area contributed by atoms with Crippen molar-refractivity contribution in [3.8, 4) is 0 Å². The fourth-order valence-corrected chi connectivity index (χ4v) is 2.32. The van der Waals surface area contributed by atoms with Gasteiger partial charge in [-0.25, -0.2) is 0 Å². The van der Waals surface area contributed by atoms with E-state index >= 15 is 0 Å². The molecule has 0 fully saturated rings. The summed E-state index contributed by atoms with van der Waals surface area (Å²) in [6.07, 6.45) is 8.62. The van der Waals surface area contributed by atoms with Crippen LogP contribution in [0.5, 0.6) is 0 Å². The van der Waals surface area contributed by atoms with Crippen LogP contribution in [0.25, 0.3) is 0 Å². The summed E-state index contributed by atoms with van der Waals surface area (Å²) in [5, 5.41) is 0.